The molecule has 2 aliphatic heterocycles. The van der Waals surface area contributed by atoms with Crippen molar-refractivity contribution < 1.29 is 14.3 Å². The number of benzene rings is 1. The molecule has 0 atom stereocenters. The maximum atomic E-state index is 12.8. The highest BCUT2D eigenvalue weighted by Crippen LogP contribution is 2.19. The molecule has 2 amide bonds. The SMILES string of the molecule is O=C(c1cc2n(n1)CCN(Cc1ccc(Cl)cc1)C2=O)N1CCOCC1. The zero-order chi connectivity index (χ0) is 18.1. The van der Waals surface area contributed by atoms with Gasteiger partial charge in [0.2, 0.25) is 0 Å². The number of halogens is 1. The molecule has 1 fully saturated rings. The van der Waals surface area contributed by atoms with Gasteiger partial charge in [-0.15, -0.1) is 0 Å². The molecule has 136 valence electrons. The second-order valence-electron chi connectivity index (χ2n) is 6.40. The Morgan fingerprint density at radius 2 is 1.85 bits per heavy atom. The van der Waals surface area contributed by atoms with Crippen LogP contribution in [0.4, 0.5) is 0 Å². The summed E-state index contributed by atoms with van der Waals surface area (Å²) < 4.78 is 6.91. The van der Waals surface area contributed by atoms with E-state index in [4.69, 9.17) is 16.3 Å². The molecule has 0 unspecified atom stereocenters. The minimum Gasteiger partial charge on any atom is -0.378 e. The molecule has 26 heavy (non-hydrogen) atoms. The number of rotatable bonds is 3. The summed E-state index contributed by atoms with van der Waals surface area (Å²) in [6, 6.07) is 9.06. The molecule has 4 rings (SSSR count). The van der Waals surface area contributed by atoms with Gasteiger partial charge in [0.25, 0.3) is 11.8 Å². The molecule has 1 saturated heterocycles. The number of carbonyl (C=O) groups excluding carboxylic acids is 2. The number of aromatic nitrogens is 2. The van der Waals surface area contributed by atoms with Crippen molar-refractivity contribution >= 4 is 23.4 Å². The van der Waals surface area contributed by atoms with Gasteiger partial charge in [0.1, 0.15) is 5.69 Å². The van der Waals surface area contributed by atoms with E-state index in [2.05, 4.69) is 5.10 Å². The number of ether oxygens (including phenoxy) is 1. The molecule has 0 saturated carbocycles. The summed E-state index contributed by atoms with van der Waals surface area (Å²) >= 11 is 5.91. The number of morpholine rings is 1. The van der Waals surface area contributed by atoms with Gasteiger partial charge in [0.05, 0.1) is 19.8 Å². The monoisotopic (exact) mass is 374 g/mol. The molecular weight excluding hydrogens is 356 g/mol. The van der Waals surface area contributed by atoms with E-state index in [-0.39, 0.29) is 11.8 Å². The Morgan fingerprint density at radius 3 is 2.58 bits per heavy atom. The normalized spacial score (nSPS) is 17.3. The highest BCUT2D eigenvalue weighted by atomic mass is 35.5. The lowest BCUT2D eigenvalue weighted by molar-refractivity contribution is 0.0298. The average molecular weight is 375 g/mol. The highest BCUT2D eigenvalue weighted by Gasteiger charge is 2.29. The van der Waals surface area contributed by atoms with Crippen LogP contribution in [-0.2, 0) is 17.8 Å². The first-order valence-corrected chi connectivity index (χ1v) is 8.98. The van der Waals surface area contributed by atoms with Crippen LogP contribution in [-0.4, -0.2) is 64.2 Å². The highest BCUT2D eigenvalue weighted by molar-refractivity contribution is 6.30. The van der Waals surface area contributed by atoms with Crippen molar-refractivity contribution in [2.75, 3.05) is 32.8 Å². The topological polar surface area (TPSA) is 67.7 Å². The van der Waals surface area contributed by atoms with E-state index < -0.39 is 0 Å². The number of amides is 2. The van der Waals surface area contributed by atoms with E-state index in [0.717, 1.165) is 5.56 Å². The van der Waals surface area contributed by atoms with Crippen molar-refractivity contribution in [3.8, 4) is 0 Å². The largest absolute Gasteiger partial charge is 0.378 e. The predicted molar refractivity (Wildman–Crippen MR) is 95.1 cm³/mol. The minimum absolute atomic E-state index is 0.111. The Kier molecular flexibility index (Phi) is 4.65. The van der Waals surface area contributed by atoms with Gasteiger partial charge in [-0.2, -0.15) is 5.10 Å². The fourth-order valence-electron chi connectivity index (χ4n) is 3.23. The first kappa shape index (κ1) is 17.1. The maximum absolute atomic E-state index is 12.8. The van der Waals surface area contributed by atoms with Crippen LogP contribution >= 0.6 is 11.6 Å². The first-order valence-electron chi connectivity index (χ1n) is 8.60. The Hall–Kier alpha value is -2.38. The van der Waals surface area contributed by atoms with E-state index in [1.54, 1.807) is 20.5 Å². The van der Waals surface area contributed by atoms with Crippen LogP contribution in [0.5, 0.6) is 0 Å². The fraction of sp³-hybridized carbons (Fsp3) is 0.389. The third-order valence-electron chi connectivity index (χ3n) is 4.67. The Bertz CT molecular complexity index is 827. The second kappa shape index (κ2) is 7.09. The second-order valence-corrected chi connectivity index (χ2v) is 6.83. The van der Waals surface area contributed by atoms with E-state index >= 15 is 0 Å². The van der Waals surface area contributed by atoms with Gasteiger partial charge >= 0.3 is 0 Å². The van der Waals surface area contributed by atoms with E-state index in [9.17, 15) is 9.59 Å². The van der Waals surface area contributed by atoms with Crippen LogP contribution in [0.1, 0.15) is 26.5 Å². The number of hydrogen-bond acceptors (Lipinski definition) is 4. The zero-order valence-corrected chi connectivity index (χ0v) is 15.0. The quantitative estimate of drug-likeness (QED) is 0.819. The Morgan fingerprint density at radius 1 is 1.12 bits per heavy atom. The van der Waals surface area contributed by atoms with Gasteiger partial charge < -0.3 is 14.5 Å². The van der Waals surface area contributed by atoms with Crippen LogP contribution in [0, 0.1) is 0 Å². The molecular formula is C18H19ClN4O3. The van der Waals surface area contributed by atoms with Gasteiger partial charge in [0.15, 0.2) is 5.69 Å². The molecule has 0 aliphatic carbocycles. The molecule has 0 bridgehead atoms. The van der Waals surface area contributed by atoms with Crippen LogP contribution in [0.2, 0.25) is 5.02 Å². The van der Waals surface area contributed by atoms with Crippen LogP contribution in [0.3, 0.4) is 0 Å². The molecule has 1 aromatic carbocycles. The zero-order valence-electron chi connectivity index (χ0n) is 14.2. The third-order valence-corrected chi connectivity index (χ3v) is 4.92. The number of carbonyl (C=O) groups is 2. The summed E-state index contributed by atoms with van der Waals surface area (Å²) in [5, 5.41) is 5.02. The number of fused-ring (bicyclic) bond motifs is 1. The average Bonchev–Trinajstić information content (AvgIpc) is 3.11. The Labute approximate surface area is 156 Å². The van der Waals surface area contributed by atoms with Gasteiger partial charge in [-0.25, -0.2) is 0 Å². The van der Waals surface area contributed by atoms with Crippen LogP contribution in [0.25, 0.3) is 0 Å². The van der Waals surface area contributed by atoms with Gasteiger partial charge in [0, 0.05) is 37.3 Å². The van der Waals surface area contributed by atoms with Gasteiger partial charge in [-0.1, -0.05) is 23.7 Å². The van der Waals surface area contributed by atoms with E-state index in [1.165, 1.54) is 0 Å². The van der Waals surface area contributed by atoms with Crippen molar-refractivity contribution in [1.82, 2.24) is 19.6 Å². The smallest absolute Gasteiger partial charge is 0.274 e. The molecule has 2 aliphatic rings. The van der Waals surface area contributed by atoms with Crippen LogP contribution in [0.15, 0.2) is 30.3 Å². The summed E-state index contributed by atoms with van der Waals surface area (Å²) in [5.74, 6) is -0.257. The van der Waals surface area contributed by atoms with Gasteiger partial charge in [-0.05, 0) is 17.7 Å². The summed E-state index contributed by atoms with van der Waals surface area (Å²) in [6.45, 7) is 3.82. The van der Waals surface area contributed by atoms with Crippen molar-refractivity contribution in [2.45, 2.75) is 13.1 Å². The maximum Gasteiger partial charge on any atom is 0.274 e. The molecule has 1 aromatic heterocycles. The Balaban J connectivity index is 1.50. The lowest BCUT2D eigenvalue weighted by atomic mass is 10.2. The predicted octanol–water partition coefficient (Wildman–Crippen LogP) is 1.66. The first-order chi connectivity index (χ1) is 12.6. The fourth-order valence-corrected chi connectivity index (χ4v) is 3.36. The standard InChI is InChI=1S/C18H19ClN4O3/c19-14-3-1-13(2-4-14)12-22-5-6-23-16(18(22)25)11-15(20-23)17(24)21-7-9-26-10-8-21/h1-4,11H,5-10,12H2. The molecule has 0 spiro atoms. The lowest BCUT2D eigenvalue weighted by Crippen LogP contribution is -2.41. The molecule has 7 nitrogen and oxygen atoms in total. The summed E-state index contributed by atoms with van der Waals surface area (Å²) in [7, 11) is 0. The summed E-state index contributed by atoms with van der Waals surface area (Å²) in [5.41, 5.74) is 1.80. The number of nitrogens with zero attached hydrogens (tertiary/aromatic N) is 4. The number of hydrogen-bond donors (Lipinski definition) is 0. The van der Waals surface area contributed by atoms with E-state index in [0.29, 0.717) is 62.3 Å². The summed E-state index contributed by atoms with van der Waals surface area (Å²) in [4.78, 5) is 28.9. The van der Waals surface area contributed by atoms with Crippen molar-refractivity contribution in [2.24, 2.45) is 0 Å². The molecule has 2 aromatic rings. The van der Waals surface area contributed by atoms with Crippen molar-refractivity contribution in [3.05, 3.63) is 52.3 Å². The molecule has 8 heteroatoms. The van der Waals surface area contributed by atoms with E-state index in [1.807, 2.05) is 24.3 Å². The lowest BCUT2D eigenvalue weighted by Gasteiger charge is -2.27. The molecule has 3 heterocycles. The van der Waals surface area contributed by atoms with Crippen LogP contribution < -0.4 is 0 Å². The molecule has 0 radical (unpaired) electrons. The summed E-state index contributed by atoms with van der Waals surface area (Å²) in [6.07, 6.45) is 0. The van der Waals surface area contributed by atoms with Crippen molar-refractivity contribution in [1.29, 1.82) is 0 Å². The molecule has 0 N–H and O–H groups in total. The minimum atomic E-state index is -0.146. The van der Waals surface area contributed by atoms with Crippen molar-refractivity contribution in [3.63, 3.8) is 0 Å². The third kappa shape index (κ3) is 3.32. The van der Waals surface area contributed by atoms with Gasteiger partial charge in [-0.3, -0.25) is 14.3 Å².